The van der Waals surface area contributed by atoms with Crippen molar-refractivity contribution in [1.82, 2.24) is 9.38 Å². The largest absolute Gasteiger partial charge is 0.384 e. The molecule has 0 aliphatic carbocycles. The van der Waals surface area contributed by atoms with Crippen LogP contribution in [0.15, 0.2) is 47.5 Å². The Balaban J connectivity index is 2.21. The maximum Gasteiger partial charge on any atom is 0.352 e. The highest BCUT2D eigenvalue weighted by Crippen LogP contribution is 2.28. The van der Waals surface area contributed by atoms with Gasteiger partial charge in [0, 0.05) is 0 Å². The summed E-state index contributed by atoms with van der Waals surface area (Å²) in [5.41, 5.74) is 0.103. The molecule has 0 amide bonds. The predicted octanol–water partition coefficient (Wildman–Crippen LogP) is 2.21. The van der Waals surface area contributed by atoms with Gasteiger partial charge in [-0.3, -0.25) is 0 Å². The van der Waals surface area contributed by atoms with Crippen LogP contribution in [0.4, 0.5) is 5.82 Å². The standard InChI is InChI=1S/C17H12ClN3O5S/c18-13-9-12(5-4-8-22)16-19-15(17(21(23)24)20(16)10-13)11-27(25,26)14-6-2-1-3-7-14/h1-3,6-7,9-10,22H,8,11H2. The number of hydrogen-bond acceptors (Lipinski definition) is 6. The molecule has 138 valence electrons. The average Bonchev–Trinajstić information content (AvgIpc) is 2.97. The molecule has 0 saturated carbocycles. The number of fused-ring (bicyclic) bond motifs is 1. The van der Waals surface area contributed by atoms with Gasteiger partial charge in [-0.05, 0) is 23.1 Å². The van der Waals surface area contributed by atoms with Gasteiger partial charge in [-0.15, -0.1) is 0 Å². The predicted molar refractivity (Wildman–Crippen MR) is 98.2 cm³/mol. The van der Waals surface area contributed by atoms with Crippen molar-refractivity contribution in [3.05, 3.63) is 69.0 Å². The molecular formula is C17H12ClN3O5S. The summed E-state index contributed by atoms with van der Waals surface area (Å²) in [5, 5.41) is 20.6. The molecule has 0 aliphatic rings. The molecule has 0 aliphatic heterocycles. The lowest BCUT2D eigenvalue weighted by molar-refractivity contribution is -0.391. The Morgan fingerprint density at radius 2 is 2.00 bits per heavy atom. The Kier molecular flexibility index (Phi) is 5.14. The number of benzene rings is 1. The van der Waals surface area contributed by atoms with Crippen LogP contribution in [-0.2, 0) is 15.6 Å². The topological polar surface area (TPSA) is 115 Å². The van der Waals surface area contributed by atoms with E-state index in [2.05, 4.69) is 16.8 Å². The number of pyridine rings is 1. The third-order valence-electron chi connectivity index (χ3n) is 3.64. The van der Waals surface area contributed by atoms with E-state index in [4.69, 9.17) is 16.7 Å². The second kappa shape index (κ2) is 7.36. The average molecular weight is 406 g/mol. The van der Waals surface area contributed by atoms with Crippen LogP contribution in [0.3, 0.4) is 0 Å². The molecule has 0 radical (unpaired) electrons. The highest BCUT2D eigenvalue weighted by Gasteiger charge is 2.29. The minimum absolute atomic E-state index is 0.0367. The number of nitro groups is 1. The number of hydrogen-bond donors (Lipinski definition) is 1. The minimum atomic E-state index is -3.85. The van der Waals surface area contributed by atoms with Gasteiger partial charge >= 0.3 is 5.82 Å². The van der Waals surface area contributed by atoms with Crippen molar-refractivity contribution in [3.63, 3.8) is 0 Å². The molecule has 0 unspecified atom stereocenters. The lowest BCUT2D eigenvalue weighted by atomic mass is 10.2. The summed E-state index contributed by atoms with van der Waals surface area (Å²) in [6.07, 6.45) is 1.27. The number of sulfone groups is 1. The number of aliphatic hydroxyl groups is 1. The molecule has 0 fully saturated rings. The summed E-state index contributed by atoms with van der Waals surface area (Å²) >= 11 is 6.00. The van der Waals surface area contributed by atoms with Gasteiger partial charge in [-0.2, -0.15) is 4.40 Å². The Labute approximate surface area is 159 Å². The van der Waals surface area contributed by atoms with Gasteiger partial charge < -0.3 is 15.2 Å². The highest BCUT2D eigenvalue weighted by molar-refractivity contribution is 7.90. The van der Waals surface area contributed by atoms with E-state index < -0.39 is 32.9 Å². The first kappa shape index (κ1) is 18.8. The van der Waals surface area contributed by atoms with Crippen LogP contribution in [0, 0.1) is 22.0 Å². The third-order valence-corrected chi connectivity index (χ3v) is 5.49. The van der Waals surface area contributed by atoms with Crippen LogP contribution in [0.2, 0.25) is 5.02 Å². The number of aliphatic hydroxyl groups excluding tert-OH is 1. The molecule has 27 heavy (non-hydrogen) atoms. The summed E-state index contributed by atoms with van der Waals surface area (Å²) in [6.45, 7) is -0.420. The fourth-order valence-electron chi connectivity index (χ4n) is 2.55. The van der Waals surface area contributed by atoms with E-state index in [1.165, 1.54) is 24.4 Å². The smallest absolute Gasteiger partial charge is 0.352 e. The molecule has 10 heteroatoms. The normalized spacial score (nSPS) is 11.2. The maximum absolute atomic E-state index is 12.6. The van der Waals surface area contributed by atoms with Crippen LogP contribution in [0.1, 0.15) is 11.3 Å². The van der Waals surface area contributed by atoms with Gasteiger partial charge in [0.15, 0.2) is 15.5 Å². The number of rotatable bonds is 4. The van der Waals surface area contributed by atoms with Gasteiger partial charge in [0.05, 0.1) is 15.5 Å². The molecule has 0 atom stereocenters. The van der Waals surface area contributed by atoms with Gasteiger partial charge in [0.2, 0.25) is 5.65 Å². The number of aromatic nitrogens is 2. The molecule has 3 rings (SSSR count). The van der Waals surface area contributed by atoms with Gasteiger partial charge in [0.25, 0.3) is 0 Å². The van der Waals surface area contributed by atoms with Crippen molar-refractivity contribution >= 4 is 32.9 Å². The molecule has 0 spiro atoms. The Hall–Kier alpha value is -2.93. The Morgan fingerprint density at radius 3 is 2.63 bits per heavy atom. The summed E-state index contributed by atoms with van der Waals surface area (Å²) in [7, 11) is -3.85. The van der Waals surface area contributed by atoms with Crippen LogP contribution in [-0.4, -0.2) is 34.4 Å². The zero-order chi connectivity index (χ0) is 19.6. The van der Waals surface area contributed by atoms with E-state index in [9.17, 15) is 18.5 Å². The van der Waals surface area contributed by atoms with E-state index in [0.29, 0.717) is 0 Å². The summed E-state index contributed by atoms with van der Waals surface area (Å²) in [5.74, 6) is 3.88. The first-order valence-electron chi connectivity index (χ1n) is 7.56. The van der Waals surface area contributed by atoms with Crippen molar-refractivity contribution in [2.45, 2.75) is 10.6 Å². The quantitative estimate of drug-likeness (QED) is 0.404. The Bertz CT molecular complexity index is 1190. The van der Waals surface area contributed by atoms with Crippen molar-refractivity contribution in [2.75, 3.05) is 6.61 Å². The fourth-order valence-corrected chi connectivity index (χ4v) is 4.05. The van der Waals surface area contributed by atoms with E-state index in [0.717, 1.165) is 4.40 Å². The Morgan fingerprint density at radius 1 is 1.30 bits per heavy atom. The van der Waals surface area contributed by atoms with Crippen molar-refractivity contribution in [1.29, 1.82) is 0 Å². The van der Waals surface area contributed by atoms with E-state index in [-0.39, 0.29) is 26.8 Å². The van der Waals surface area contributed by atoms with Crippen molar-refractivity contribution in [2.24, 2.45) is 0 Å². The summed E-state index contributed by atoms with van der Waals surface area (Å²) in [6, 6.07) is 9.05. The number of imidazole rings is 1. The first-order chi connectivity index (χ1) is 12.8. The molecule has 0 saturated heterocycles. The van der Waals surface area contributed by atoms with Gasteiger partial charge in [0.1, 0.15) is 18.6 Å². The highest BCUT2D eigenvalue weighted by atomic mass is 35.5. The lowest BCUT2D eigenvalue weighted by Crippen LogP contribution is -2.07. The minimum Gasteiger partial charge on any atom is -0.384 e. The van der Waals surface area contributed by atoms with Crippen molar-refractivity contribution in [3.8, 4) is 11.8 Å². The van der Waals surface area contributed by atoms with Gasteiger partial charge in [-0.25, -0.2) is 13.4 Å². The van der Waals surface area contributed by atoms with E-state index in [1.54, 1.807) is 18.2 Å². The van der Waals surface area contributed by atoms with Crippen LogP contribution < -0.4 is 0 Å². The van der Waals surface area contributed by atoms with Crippen LogP contribution in [0.25, 0.3) is 5.65 Å². The zero-order valence-corrected chi connectivity index (χ0v) is 15.2. The van der Waals surface area contributed by atoms with Gasteiger partial charge in [-0.1, -0.05) is 41.6 Å². The SMILES string of the molecule is O=[N+]([O-])c1c(CS(=O)(=O)c2ccccc2)nc2c(C#CCO)cc(Cl)cn12. The second-order valence-electron chi connectivity index (χ2n) is 5.44. The molecular weight excluding hydrogens is 394 g/mol. The lowest BCUT2D eigenvalue weighted by Gasteiger charge is -2.02. The zero-order valence-electron chi connectivity index (χ0n) is 13.7. The molecule has 2 aromatic heterocycles. The third kappa shape index (κ3) is 3.78. The van der Waals surface area contributed by atoms with Crippen molar-refractivity contribution < 1.29 is 18.4 Å². The molecule has 8 nitrogen and oxygen atoms in total. The van der Waals surface area contributed by atoms with Crippen LogP contribution >= 0.6 is 11.6 Å². The summed E-state index contributed by atoms with van der Waals surface area (Å²) in [4.78, 5) is 15.0. The monoisotopic (exact) mass is 405 g/mol. The number of nitrogens with zero attached hydrogens (tertiary/aromatic N) is 3. The molecule has 1 aromatic carbocycles. The molecule has 3 aromatic rings. The molecule has 0 bridgehead atoms. The molecule has 2 heterocycles. The fraction of sp³-hybridized carbons (Fsp3) is 0.118. The van der Waals surface area contributed by atoms with E-state index in [1.807, 2.05) is 0 Å². The molecule has 1 N–H and O–H groups in total. The first-order valence-corrected chi connectivity index (χ1v) is 9.59. The van der Waals surface area contributed by atoms with Crippen LogP contribution in [0.5, 0.6) is 0 Å². The summed E-state index contributed by atoms with van der Waals surface area (Å²) < 4.78 is 26.3. The second-order valence-corrected chi connectivity index (χ2v) is 7.86. The number of halogens is 1. The van der Waals surface area contributed by atoms with E-state index >= 15 is 0 Å². The maximum atomic E-state index is 12.6.